The molecule has 27 heavy (non-hydrogen) atoms. The van der Waals surface area contributed by atoms with Crippen LogP contribution in [0, 0.1) is 5.92 Å². The van der Waals surface area contributed by atoms with Gasteiger partial charge in [-0.15, -0.1) is 0 Å². The molecule has 0 bridgehead atoms. The molecule has 1 aromatic heterocycles. The molecule has 2 aliphatic heterocycles. The number of nitrogens with zero attached hydrogens (tertiary/aromatic N) is 3. The molecule has 4 rings (SSSR count). The zero-order valence-corrected chi connectivity index (χ0v) is 15.6. The predicted molar refractivity (Wildman–Crippen MR) is 105 cm³/mol. The number of benzene rings is 1. The molecule has 2 atom stereocenters. The van der Waals surface area contributed by atoms with E-state index in [0.29, 0.717) is 18.4 Å². The Morgan fingerprint density at radius 3 is 2.81 bits per heavy atom. The predicted octanol–water partition coefficient (Wildman–Crippen LogP) is 2.63. The molecule has 6 heteroatoms. The summed E-state index contributed by atoms with van der Waals surface area (Å²) in [5.74, 6) is 0.638. The highest BCUT2D eigenvalue weighted by molar-refractivity contribution is 5.92. The Morgan fingerprint density at radius 2 is 2.00 bits per heavy atom. The number of morpholine rings is 1. The number of carboxylic acids is 1. The van der Waals surface area contributed by atoms with Gasteiger partial charge in [0.1, 0.15) is 5.82 Å². The van der Waals surface area contributed by atoms with Crippen molar-refractivity contribution < 1.29 is 14.6 Å². The van der Waals surface area contributed by atoms with Crippen LogP contribution in [-0.4, -0.2) is 66.4 Å². The maximum absolute atomic E-state index is 11.2. The number of hydrogen-bond acceptors (Lipinski definition) is 5. The average molecular weight is 369 g/mol. The van der Waals surface area contributed by atoms with Gasteiger partial charge in [-0.25, -0.2) is 4.98 Å². The van der Waals surface area contributed by atoms with Gasteiger partial charge in [-0.2, -0.15) is 0 Å². The van der Waals surface area contributed by atoms with Gasteiger partial charge in [0, 0.05) is 50.2 Å². The lowest BCUT2D eigenvalue weighted by molar-refractivity contribution is -0.137. The van der Waals surface area contributed by atoms with Crippen molar-refractivity contribution in [1.82, 2.24) is 9.88 Å². The van der Waals surface area contributed by atoms with Crippen LogP contribution in [0.1, 0.15) is 19.3 Å². The van der Waals surface area contributed by atoms with Crippen LogP contribution in [0.25, 0.3) is 10.8 Å². The van der Waals surface area contributed by atoms with E-state index in [0.717, 1.165) is 51.6 Å². The maximum atomic E-state index is 11.2. The monoisotopic (exact) mass is 369 g/mol. The number of carboxylic acid groups (broad SMARTS) is 1. The summed E-state index contributed by atoms with van der Waals surface area (Å²) in [5.41, 5.74) is 0. The third kappa shape index (κ3) is 4.06. The first-order valence-corrected chi connectivity index (χ1v) is 9.84. The Hall–Kier alpha value is -2.18. The van der Waals surface area contributed by atoms with E-state index in [9.17, 15) is 9.90 Å². The number of anilines is 1. The Kier molecular flexibility index (Phi) is 5.55. The number of rotatable bonds is 5. The molecule has 0 radical (unpaired) electrons. The molecular weight excluding hydrogens is 342 g/mol. The second-order valence-corrected chi connectivity index (χ2v) is 7.50. The smallest absolute Gasteiger partial charge is 0.303 e. The fourth-order valence-corrected chi connectivity index (χ4v) is 4.55. The number of carbonyl (C=O) groups is 1. The van der Waals surface area contributed by atoms with E-state index >= 15 is 0 Å². The highest BCUT2D eigenvalue weighted by Crippen LogP contribution is 2.32. The molecule has 2 aliphatic rings. The molecule has 1 aromatic carbocycles. The van der Waals surface area contributed by atoms with Crippen molar-refractivity contribution in [2.45, 2.75) is 25.3 Å². The highest BCUT2D eigenvalue weighted by atomic mass is 16.5. The van der Waals surface area contributed by atoms with Crippen LogP contribution < -0.4 is 4.90 Å². The molecule has 2 aromatic rings. The summed E-state index contributed by atoms with van der Waals surface area (Å²) in [6, 6.07) is 10.8. The molecule has 2 saturated heterocycles. The van der Waals surface area contributed by atoms with Crippen molar-refractivity contribution in [3.05, 3.63) is 36.5 Å². The topological polar surface area (TPSA) is 65.9 Å². The van der Waals surface area contributed by atoms with Gasteiger partial charge in [0.05, 0.1) is 13.2 Å². The fourth-order valence-electron chi connectivity index (χ4n) is 4.55. The van der Waals surface area contributed by atoms with Crippen LogP contribution >= 0.6 is 0 Å². The molecule has 144 valence electrons. The van der Waals surface area contributed by atoms with Crippen LogP contribution in [0.3, 0.4) is 0 Å². The van der Waals surface area contributed by atoms with Gasteiger partial charge in [0.2, 0.25) is 0 Å². The zero-order chi connectivity index (χ0) is 18.6. The first-order valence-electron chi connectivity index (χ1n) is 9.84. The lowest BCUT2D eigenvalue weighted by Crippen LogP contribution is -2.54. The van der Waals surface area contributed by atoms with Crippen molar-refractivity contribution >= 4 is 22.6 Å². The number of ether oxygens (including phenoxy) is 1. The van der Waals surface area contributed by atoms with E-state index in [1.807, 2.05) is 18.3 Å². The second kappa shape index (κ2) is 8.23. The summed E-state index contributed by atoms with van der Waals surface area (Å²) in [7, 11) is 0. The summed E-state index contributed by atoms with van der Waals surface area (Å²) < 4.78 is 5.51. The molecule has 1 N–H and O–H groups in total. The first-order chi connectivity index (χ1) is 13.2. The van der Waals surface area contributed by atoms with E-state index in [2.05, 4.69) is 33.0 Å². The maximum Gasteiger partial charge on any atom is 0.303 e. The summed E-state index contributed by atoms with van der Waals surface area (Å²) in [6.45, 7) is 5.25. The largest absolute Gasteiger partial charge is 0.481 e. The first kappa shape index (κ1) is 18.2. The van der Waals surface area contributed by atoms with Crippen molar-refractivity contribution in [3.8, 4) is 0 Å². The van der Waals surface area contributed by atoms with Crippen LogP contribution in [0.4, 0.5) is 5.82 Å². The average Bonchev–Trinajstić information content (AvgIpc) is 2.72. The molecule has 0 aliphatic carbocycles. The Morgan fingerprint density at radius 1 is 1.19 bits per heavy atom. The van der Waals surface area contributed by atoms with Crippen molar-refractivity contribution in [2.75, 3.05) is 44.3 Å². The van der Waals surface area contributed by atoms with Crippen LogP contribution in [0.15, 0.2) is 36.5 Å². The number of hydrogen-bond donors (Lipinski definition) is 1. The van der Waals surface area contributed by atoms with Gasteiger partial charge in [-0.3, -0.25) is 9.69 Å². The molecule has 3 heterocycles. The SMILES string of the molecule is O=C(O)CC[C@@H]1CN(c2nccc3ccccc23)CC[C@@H]1N1CCOCC1. The van der Waals surface area contributed by atoms with Gasteiger partial charge >= 0.3 is 5.97 Å². The minimum atomic E-state index is -0.712. The molecule has 0 spiro atoms. The third-order valence-electron chi connectivity index (χ3n) is 5.89. The normalized spacial score (nSPS) is 24.2. The van der Waals surface area contributed by atoms with Gasteiger partial charge in [0.15, 0.2) is 0 Å². The van der Waals surface area contributed by atoms with Crippen molar-refractivity contribution in [2.24, 2.45) is 5.92 Å². The van der Waals surface area contributed by atoms with E-state index in [-0.39, 0.29) is 6.42 Å². The number of aliphatic carboxylic acids is 1. The summed E-state index contributed by atoms with van der Waals surface area (Å²) in [6.07, 6.45) is 3.84. The fraction of sp³-hybridized carbons (Fsp3) is 0.524. The Balaban J connectivity index is 1.56. The summed E-state index contributed by atoms with van der Waals surface area (Å²) >= 11 is 0. The van der Waals surface area contributed by atoms with E-state index in [4.69, 9.17) is 4.74 Å². The molecular formula is C21H27N3O3. The van der Waals surface area contributed by atoms with E-state index < -0.39 is 5.97 Å². The zero-order valence-electron chi connectivity index (χ0n) is 15.6. The lowest BCUT2D eigenvalue weighted by atomic mass is 9.86. The Bertz CT molecular complexity index is 786. The number of piperidine rings is 1. The van der Waals surface area contributed by atoms with E-state index in [1.54, 1.807) is 0 Å². The van der Waals surface area contributed by atoms with Crippen molar-refractivity contribution in [1.29, 1.82) is 0 Å². The minimum absolute atomic E-state index is 0.225. The van der Waals surface area contributed by atoms with Crippen LogP contribution in [-0.2, 0) is 9.53 Å². The Labute approximate surface area is 159 Å². The van der Waals surface area contributed by atoms with E-state index in [1.165, 1.54) is 10.8 Å². The van der Waals surface area contributed by atoms with Gasteiger partial charge in [-0.1, -0.05) is 24.3 Å². The second-order valence-electron chi connectivity index (χ2n) is 7.50. The molecule has 0 amide bonds. The number of pyridine rings is 1. The van der Waals surface area contributed by atoms with Crippen LogP contribution in [0.2, 0.25) is 0 Å². The number of fused-ring (bicyclic) bond motifs is 1. The molecule has 0 saturated carbocycles. The molecule has 6 nitrogen and oxygen atoms in total. The van der Waals surface area contributed by atoms with Gasteiger partial charge < -0.3 is 14.7 Å². The van der Waals surface area contributed by atoms with Crippen LogP contribution in [0.5, 0.6) is 0 Å². The van der Waals surface area contributed by atoms with Gasteiger partial charge in [0.25, 0.3) is 0 Å². The highest BCUT2D eigenvalue weighted by Gasteiger charge is 2.34. The lowest BCUT2D eigenvalue weighted by Gasteiger charge is -2.45. The quantitative estimate of drug-likeness (QED) is 0.874. The summed E-state index contributed by atoms with van der Waals surface area (Å²) in [5, 5.41) is 11.6. The minimum Gasteiger partial charge on any atom is -0.481 e. The third-order valence-corrected chi connectivity index (χ3v) is 5.89. The molecule has 2 fully saturated rings. The van der Waals surface area contributed by atoms with Gasteiger partial charge in [-0.05, 0) is 30.2 Å². The standard InChI is InChI=1S/C21H27N3O3/c25-20(26)6-5-17-15-24(10-8-19(17)23-11-13-27-14-12-23)21-18-4-2-1-3-16(18)7-9-22-21/h1-4,7,9,17,19H,5-6,8,10-15H2,(H,25,26)/t17-,19+/m1/s1. The molecule has 0 unspecified atom stereocenters. The number of aromatic nitrogens is 1. The summed E-state index contributed by atoms with van der Waals surface area (Å²) in [4.78, 5) is 20.7. The van der Waals surface area contributed by atoms with Crippen molar-refractivity contribution in [3.63, 3.8) is 0 Å².